The van der Waals surface area contributed by atoms with Gasteiger partial charge < -0.3 is 5.32 Å². The first-order valence-corrected chi connectivity index (χ1v) is 8.08. The van der Waals surface area contributed by atoms with Crippen molar-refractivity contribution in [3.8, 4) is 0 Å². The van der Waals surface area contributed by atoms with Crippen LogP contribution < -0.4 is 5.32 Å². The van der Waals surface area contributed by atoms with Gasteiger partial charge in [0, 0.05) is 32.9 Å². The van der Waals surface area contributed by atoms with E-state index in [0.717, 1.165) is 21.2 Å². The van der Waals surface area contributed by atoms with Gasteiger partial charge in [-0.15, -0.1) is 11.3 Å². The number of anilines is 1. The molecule has 0 radical (unpaired) electrons. The highest BCUT2D eigenvalue weighted by molar-refractivity contribution is 9.11. The summed E-state index contributed by atoms with van der Waals surface area (Å²) in [4.78, 5) is 7.13. The van der Waals surface area contributed by atoms with Crippen molar-refractivity contribution in [3.63, 3.8) is 0 Å². The molecule has 0 aromatic carbocycles. The van der Waals surface area contributed by atoms with Gasteiger partial charge >= 0.3 is 0 Å². The van der Waals surface area contributed by atoms with E-state index in [1.54, 1.807) is 6.20 Å². The fraction of sp³-hybridized carbons (Fsp3) is 0.308. The Labute approximate surface area is 128 Å². The van der Waals surface area contributed by atoms with Crippen molar-refractivity contribution in [2.75, 3.05) is 5.32 Å². The van der Waals surface area contributed by atoms with Crippen molar-refractivity contribution in [2.24, 2.45) is 0 Å². The van der Waals surface area contributed by atoms with Crippen molar-refractivity contribution in [1.29, 1.82) is 0 Å². The van der Waals surface area contributed by atoms with E-state index in [0.29, 0.717) is 6.04 Å². The Bertz CT molecular complexity index is 540. The maximum atomic E-state index is 4.36. The second-order valence-corrected chi connectivity index (χ2v) is 7.39. The normalized spacial score (nSPS) is 12.4. The molecular weight excluding hydrogens is 376 g/mol. The van der Waals surface area contributed by atoms with Gasteiger partial charge in [-0.05, 0) is 63.9 Å². The van der Waals surface area contributed by atoms with Gasteiger partial charge in [-0.3, -0.25) is 0 Å². The lowest BCUT2D eigenvalue weighted by atomic mass is 10.2. The van der Waals surface area contributed by atoms with Gasteiger partial charge in [-0.2, -0.15) is 0 Å². The minimum absolute atomic E-state index is 0.355. The van der Waals surface area contributed by atoms with Gasteiger partial charge in [0.1, 0.15) is 5.82 Å². The van der Waals surface area contributed by atoms with Crippen LogP contribution in [0, 0.1) is 6.92 Å². The van der Waals surface area contributed by atoms with Crippen LogP contribution in [0.25, 0.3) is 0 Å². The Hall–Kier alpha value is -0.390. The van der Waals surface area contributed by atoms with Crippen LogP contribution >= 0.6 is 43.2 Å². The molecule has 5 heteroatoms. The molecule has 1 unspecified atom stereocenters. The van der Waals surface area contributed by atoms with Gasteiger partial charge in [0.15, 0.2) is 0 Å². The summed E-state index contributed by atoms with van der Waals surface area (Å²) in [6.07, 6.45) is 2.82. The zero-order chi connectivity index (χ0) is 13.1. The first-order chi connectivity index (χ1) is 8.54. The number of pyridine rings is 1. The predicted octanol–water partition coefficient (Wildman–Crippen LogP) is 5.02. The zero-order valence-electron chi connectivity index (χ0n) is 10.2. The summed E-state index contributed by atoms with van der Waals surface area (Å²) in [5.74, 6) is 0.888. The quantitative estimate of drug-likeness (QED) is 0.793. The van der Waals surface area contributed by atoms with E-state index in [1.165, 1.54) is 9.75 Å². The number of rotatable bonds is 4. The third kappa shape index (κ3) is 3.80. The number of hydrogen-bond donors (Lipinski definition) is 1. The first kappa shape index (κ1) is 14.0. The van der Waals surface area contributed by atoms with E-state index in [9.17, 15) is 0 Å². The number of hydrogen-bond acceptors (Lipinski definition) is 3. The lowest BCUT2D eigenvalue weighted by Crippen LogP contribution is -2.18. The Balaban J connectivity index is 2.00. The molecule has 0 saturated carbocycles. The van der Waals surface area contributed by atoms with Crippen LogP contribution in [0.4, 0.5) is 5.82 Å². The van der Waals surface area contributed by atoms with Crippen molar-refractivity contribution in [2.45, 2.75) is 26.3 Å². The summed E-state index contributed by atoms with van der Waals surface area (Å²) in [5, 5.41) is 3.42. The van der Waals surface area contributed by atoms with E-state index < -0.39 is 0 Å². The Morgan fingerprint density at radius 3 is 2.78 bits per heavy atom. The Morgan fingerprint density at radius 1 is 1.39 bits per heavy atom. The average Bonchev–Trinajstić information content (AvgIpc) is 2.68. The molecular formula is C13H14Br2N2S. The second-order valence-electron chi connectivity index (χ2n) is 4.25. The predicted molar refractivity (Wildman–Crippen MR) is 85.5 cm³/mol. The highest BCUT2D eigenvalue weighted by Crippen LogP contribution is 2.25. The molecule has 2 nitrogen and oxygen atoms in total. The van der Waals surface area contributed by atoms with Crippen LogP contribution in [0.1, 0.15) is 16.7 Å². The molecule has 0 aliphatic carbocycles. The molecule has 0 amide bonds. The molecule has 2 aromatic heterocycles. The number of thiophene rings is 1. The largest absolute Gasteiger partial charge is 0.366 e. The number of nitrogens with zero attached hydrogens (tertiary/aromatic N) is 1. The fourth-order valence-corrected chi connectivity index (χ4v) is 3.82. The van der Waals surface area contributed by atoms with Crippen LogP contribution in [0.15, 0.2) is 33.3 Å². The van der Waals surface area contributed by atoms with Crippen molar-refractivity contribution < 1.29 is 0 Å². The molecule has 0 fully saturated rings. The third-order valence-electron chi connectivity index (χ3n) is 2.49. The lowest BCUT2D eigenvalue weighted by molar-refractivity contribution is 0.793. The summed E-state index contributed by atoms with van der Waals surface area (Å²) >= 11 is 8.77. The molecule has 0 spiro atoms. The maximum Gasteiger partial charge on any atom is 0.140 e. The lowest BCUT2D eigenvalue weighted by Gasteiger charge is -2.14. The van der Waals surface area contributed by atoms with Gasteiger partial charge in [-0.1, -0.05) is 0 Å². The monoisotopic (exact) mass is 388 g/mol. The van der Waals surface area contributed by atoms with Crippen LogP contribution in [0.3, 0.4) is 0 Å². The van der Waals surface area contributed by atoms with Crippen molar-refractivity contribution >= 4 is 49.0 Å². The second kappa shape index (κ2) is 6.17. The molecule has 1 atom stereocenters. The molecule has 0 aliphatic heterocycles. The molecule has 0 aliphatic rings. The van der Waals surface area contributed by atoms with E-state index in [2.05, 4.69) is 68.1 Å². The van der Waals surface area contributed by atoms with Crippen LogP contribution in [0.5, 0.6) is 0 Å². The zero-order valence-corrected chi connectivity index (χ0v) is 14.2. The summed E-state index contributed by atoms with van der Waals surface area (Å²) < 4.78 is 1.95. The summed E-state index contributed by atoms with van der Waals surface area (Å²) in [7, 11) is 0. The number of halogens is 2. The number of aryl methyl sites for hydroxylation is 1. The van der Waals surface area contributed by atoms with E-state index >= 15 is 0 Å². The van der Waals surface area contributed by atoms with E-state index in [4.69, 9.17) is 0 Å². The standard InChI is InChI=1S/C13H14Br2N2S/c1-8(5-11-4-3-9(2)18-11)17-13-12(15)6-10(14)7-16-13/h3-4,6-8H,5H2,1-2H3,(H,16,17). The molecule has 2 aromatic rings. The first-order valence-electron chi connectivity index (χ1n) is 5.67. The van der Waals surface area contributed by atoms with E-state index in [-0.39, 0.29) is 0 Å². The fourth-order valence-electron chi connectivity index (χ4n) is 1.70. The summed E-state index contributed by atoms with van der Waals surface area (Å²) in [5.41, 5.74) is 0. The molecule has 0 saturated heterocycles. The molecule has 0 bridgehead atoms. The number of aromatic nitrogens is 1. The van der Waals surface area contributed by atoms with Crippen LogP contribution in [-0.2, 0) is 6.42 Å². The maximum absolute atomic E-state index is 4.36. The van der Waals surface area contributed by atoms with Crippen LogP contribution in [0.2, 0.25) is 0 Å². The van der Waals surface area contributed by atoms with Crippen molar-refractivity contribution in [3.05, 3.63) is 43.1 Å². The van der Waals surface area contributed by atoms with Crippen molar-refractivity contribution in [1.82, 2.24) is 4.98 Å². The topological polar surface area (TPSA) is 24.9 Å². The smallest absolute Gasteiger partial charge is 0.140 e. The highest BCUT2D eigenvalue weighted by atomic mass is 79.9. The highest BCUT2D eigenvalue weighted by Gasteiger charge is 2.08. The average molecular weight is 390 g/mol. The molecule has 96 valence electrons. The molecule has 1 N–H and O–H groups in total. The van der Waals surface area contributed by atoms with Gasteiger partial charge in [0.25, 0.3) is 0 Å². The minimum Gasteiger partial charge on any atom is -0.366 e. The number of nitrogens with one attached hydrogen (secondary N) is 1. The Morgan fingerprint density at radius 2 is 2.17 bits per heavy atom. The molecule has 2 rings (SSSR count). The van der Waals surface area contributed by atoms with Crippen LogP contribution in [-0.4, -0.2) is 11.0 Å². The van der Waals surface area contributed by atoms with Gasteiger partial charge in [-0.25, -0.2) is 4.98 Å². The Kier molecular flexibility index (Phi) is 4.81. The molecule has 2 heterocycles. The molecule has 18 heavy (non-hydrogen) atoms. The van der Waals surface area contributed by atoms with E-state index in [1.807, 2.05) is 17.4 Å². The third-order valence-corrected chi connectivity index (χ3v) is 4.56. The summed E-state index contributed by atoms with van der Waals surface area (Å²) in [6.45, 7) is 4.31. The van der Waals surface area contributed by atoms with Gasteiger partial charge in [0.2, 0.25) is 0 Å². The SMILES string of the molecule is Cc1ccc(CC(C)Nc2ncc(Br)cc2Br)s1. The van der Waals surface area contributed by atoms with Gasteiger partial charge in [0.05, 0.1) is 4.47 Å². The minimum atomic E-state index is 0.355. The summed E-state index contributed by atoms with van der Waals surface area (Å²) in [6, 6.07) is 6.72.